The molecule has 0 saturated carbocycles. The Hall–Kier alpha value is -1.07. The summed E-state index contributed by atoms with van der Waals surface area (Å²) in [6, 6.07) is 0. The van der Waals surface area contributed by atoms with E-state index in [1.807, 2.05) is 20.8 Å². The Kier molecular flexibility index (Phi) is 4.76. The van der Waals surface area contributed by atoms with E-state index in [0.29, 0.717) is 11.3 Å². The lowest BCUT2D eigenvalue weighted by atomic mass is 9.93. The van der Waals surface area contributed by atoms with Crippen LogP contribution >= 0.6 is 15.9 Å². The van der Waals surface area contributed by atoms with Crippen molar-refractivity contribution in [2.45, 2.75) is 26.9 Å². The van der Waals surface area contributed by atoms with E-state index in [1.54, 1.807) is 7.11 Å². The number of carbonyl (C=O) groups is 1. The van der Waals surface area contributed by atoms with Crippen molar-refractivity contribution in [3.63, 3.8) is 0 Å². The van der Waals surface area contributed by atoms with E-state index in [0.717, 1.165) is 21.2 Å². The minimum Gasteiger partial charge on any atom is -0.495 e. The SMILES string of the molecule is COC(=O)C(O)c1c(C)c(C)c(OC)c(Br)c1C. The van der Waals surface area contributed by atoms with Gasteiger partial charge >= 0.3 is 5.97 Å². The second-order valence-corrected chi connectivity index (χ2v) is 4.85. The van der Waals surface area contributed by atoms with Gasteiger partial charge in [0, 0.05) is 0 Å². The monoisotopic (exact) mass is 316 g/mol. The molecule has 1 aromatic carbocycles. The van der Waals surface area contributed by atoms with Gasteiger partial charge in [-0.3, -0.25) is 0 Å². The van der Waals surface area contributed by atoms with Crippen LogP contribution in [0.5, 0.6) is 5.75 Å². The fourth-order valence-corrected chi connectivity index (χ4v) is 2.66. The zero-order valence-corrected chi connectivity index (χ0v) is 12.7. The van der Waals surface area contributed by atoms with Gasteiger partial charge < -0.3 is 14.6 Å². The molecule has 100 valence electrons. The topological polar surface area (TPSA) is 55.8 Å². The first-order valence-electron chi connectivity index (χ1n) is 5.45. The smallest absolute Gasteiger partial charge is 0.339 e. The number of ether oxygens (including phenoxy) is 2. The lowest BCUT2D eigenvalue weighted by Crippen LogP contribution is -2.17. The molecule has 0 saturated heterocycles. The molecule has 0 aliphatic carbocycles. The second kappa shape index (κ2) is 5.71. The van der Waals surface area contributed by atoms with Crippen LogP contribution in [0, 0.1) is 20.8 Å². The Morgan fingerprint density at radius 3 is 2.17 bits per heavy atom. The van der Waals surface area contributed by atoms with Crippen LogP contribution in [0.25, 0.3) is 0 Å². The van der Waals surface area contributed by atoms with Gasteiger partial charge in [-0.05, 0) is 59.0 Å². The van der Waals surface area contributed by atoms with Crippen molar-refractivity contribution in [3.05, 3.63) is 26.7 Å². The molecule has 4 nitrogen and oxygen atoms in total. The summed E-state index contributed by atoms with van der Waals surface area (Å²) >= 11 is 3.43. The van der Waals surface area contributed by atoms with E-state index in [-0.39, 0.29) is 0 Å². The Morgan fingerprint density at radius 1 is 1.17 bits per heavy atom. The standard InChI is InChI=1S/C13H17BrO4/c1-6-7(2)12(17-4)10(14)8(3)9(6)11(15)13(16)18-5/h11,15H,1-5H3. The van der Waals surface area contributed by atoms with Gasteiger partial charge in [0.25, 0.3) is 0 Å². The van der Waals surface area contributed by atoms with E-state index < -0.39 is 12.1 Å². The molecule has 0 spiro atoms. The normalized spacial score (nSPS) is 12.2. The van der Waals surface area contributed by atoms with Gasteiger partial charge in [-0.1, -0.05) is 0 Å². The van der Waals surface area contributed by atoms with E-state index in [9.17, 15) is 9.90 Å². The zero-order valence-electron chi connectivity index (χ0n) is 11.1. The van der Waals surface area contributed by atoms with Crippen molar-refractivity contribution in [2.75, 3.05) is 14.2 Å². The molecule has 0 fully saturated rings. The maximum absolute atomic E-state index is 11.5. The van der Waals surface area contributed by atoms with Crippen molar-refractivity contribution in [3.8, 4) is 5.75 Å². The number of halogens is 1. The first kappa shape index (κ1) is 15.0. The first-order chi connectivity index (χ1) is 8.36. The third kappa shape index (κ3) is 2.37. The highest BCUT2D eigenvalue weighted by molar-refractivity contribution is 9.10. The van der Waals surface area contributed by atoms with Crippen molar-refractivity contribution in [1.82, 2.24) is 0 Å². The molecular weight excluding hydrogens is 300 g/mol. The van der Waals surface area contributed by atoms with Crippen LogP contribution in [-0.4, -0.2) is 25.3 Å². The highest BCUT2D eigenvalue weighted by Crippen LogP contribution is 2.39. The second-order valence-electron chi connectivity index (χ2n) is 4.06. The number of hydrogen-bond acceptors (Lipinski definition) is 4. The molecule has 1 unspecified atom stereocenters. The molecule has 1 rings (SSSR count). The molecule has 0 aliphatic rings. The Balaban J connectivity index is 3.51. The van der Waals surface area contributed by atoms with E-state index in [4.69, 9.17) is 4.74 Å². The van der Waals surface area contributed by atoms with Crippen molar-refractivity contribution >= 4 is 21.9 Å². The van der Waals surface area contributed by atoms with Gasteiger partial charge in [0.05, 0.1) is 18.7 Å². The lowest BCUT2D eigenvalue weighted by molar-refractivity contribution is -0.150. The van der Waals surface area contributed by atoms with Crippen LogP contribution in [-0.2, 0) is 9.53 Å². The summed E-state index contributed by atoms with van der Waals surface area (Å²) < 4.78 is 10.6. The third-order valence-corrected chi connectivity index (χ3v) is 4.10. The predicted molar refractivity (Wildman–Crippen MR) is 71.9 cm³/mol. The molecular formula is C13H17BrO4. The number of aliphatic hydroxyl groups excluding tert-OH is 1. The highest BCUT2D eigenvalue weighted by atomic mass is 79.9. The van der Waals surface area contributed by atoms with Crippen LogP contribution in [0.2, 0.25) is 0 Å². The molecule has 0 heterocycles. The minimum atomic E-state index is -1.28. The summed E-state index contributed by atoms with van der Waals surface area (Å²) in [5.74, 6) is 0.0449. The molecule has 18 heavy (non-hydrogen) atoms. The average molecular weight is 317 g/mol. The fourth-order valence-electron chi connectivity index (χ4n) is 1.99. The summed E-state index contributed by atoms with van der Waals surface area (Å²) in [6.45, 7) is 5.55. The molecule has 0 radical (unpaired) electrons. The Labute approximate surface area is 115 Å². The summed E-state index contributed by atoms with van der Waals surface area (Å²) in [5, 5.41) is 10.0. The van der Waals surface area contributed by atoms with Crippen LogP contribution in [0.1, 0.15) is 28.4 Å². The van der Waals surface area contributed by atoms with Crippen molar-refractivity contribution < 1.29 is 19.4 Å². The Bertz CT molecular complexity index is 453. The molecule has 1 atom stereocenters. The fraction of sp³-hybridized carbons (Fsp3) is 0.462. The van der Waals surface area contributed by atoms with Crippen LogP contribution in [0.3, 0.4) is 0 Å². The summed E-state index contributed by atoms with van der Waals surface area (Å²) in [4.78, 5) is 11.5. The molecule has 5 heteroatoms. The maximum Gasteiger partial charge on any atom is 0.339 e. The first-order valence-corrected chi connectivity index (χ1v) is 6.25. The number of esters is 1. The molecule has 0 bridgehead atoms. The Morgan fingerprint density at radius 2 is 1.72 bits per heavy atom. The van der Waals surface area contributed by atoms with Crippen molar-refractivity contribution in [1.29, 1.82) is 0 Å². The van der Waals surface area contributed by atoms with Gasteiger partial charge in [0.1, 0.15) is 5.75 Å². The number of benzene rings is 1. The lowest BCUT2D eigenvalue weighted by Gasteiger charge is -2.20. The van der Waals surface area contributed by atoms with Crippen molar-refractivity contribution in [2.24, 2.45) is 0 Å². The minimum absolute atomic E-state index is 0.562. The number of carbonyl (C=O) groups excluding carboxylic acids is 1. The molecule has 1 N–H and O–H groups in total. The maximum atomic E-state index is 11.5. The van der Waals surface area contributed by atoms with E-state index >= 15 is 0 Å². The highest BCUT2D eigenvalue weighted by Gasteiger charge is 2.26. The van der Waals surface area contributed by atoms with Crippen LogP contribution < -0.4 is 4.74 Å². The molecule has 1 aromatic rings. The number of hydrogen-bond donors (Lipinski definition) is 1. The zero-order chi connectivity index (χ0) is 14.0. The third-order valence-electron chi connectivity index (χ3n) is 3.14. The number of rotatable bonds is 3. The van der Waals surface area contributed by atoms with Gasteiger partial charge in [-0.2, -0.15) is 0 Å². The summed E-state index contributed by atoms with van der Waals surface area (Å²) in [5.41, 5.74) is 3.04. The van der Waals surface area contributed by atoms with E-state index in [1.165, 1.54) is 7.11 Å². The summed E-state index contributed by atoms with van der Waals surface area (Å²) in [7, 11) is 2.84. The number of aliphatic hydroxyl groups is 1. The van der Waals surface area contributed by atoms with Gasteiger partial charge in [0.15, 0.2) is 6.10 Å². The van der Waals surface area contributed by atoms with Crippen LogP contribution in [0.15, 0.2) is 4.47 Å². The summed E-state index contributed by atoms with van der Waals surface area (Å²) in [6.07, 6.45) is -1.28. The quantitative estimate of drug-likeness (QED) is 0.871. The van der Waals surface area contributed by atoms with Crippen LogP contribution in [0.4, 0.5) is 0 Å². The predicted octanol–water partition coefficient (Wildman–Crippen LogP) is 2.59. The van der Waals surface area contributed by atoms with E-state index in [2.05, 4.69) is 20.7 Å². The van der Waals surface area contributed by atoms with Gasteiger partial charge in [-0.15, -0.1) is 0 Å². The largest absolute Gasteiger partial charge is 0.495 e. The van der Waals surface area contributed by atoms with Gasteiger partial charge in [-0.25, -0.2) is 4.79 Å². The van der Waals surface area contributed by atoms with Gasteiger partial charge in [0.2, 0.25) is 0 Å². The average Bonchev–Trinajstić information content (AvgIpc) is 2.36. The molecule has 0 aliphatic heterocycles. The molecule has 0 aromatic heterocycles. The number of methoxy groups -OCH3 is 2. The molecule has 0 amide bonds.